The van der Waals surface area contributed by atoms with E-state index in [1.54, 1.807) is 35.8 Å². The number of nitrogens with one attached hydrogen (secondary N) is 5. The first-order valence-electron chi connectivity index (χ1n) is 20.9. The van der Waals surface area contributed by atoms with Crippen molar-refractivity contribution < 1.29 is 54.9 Å². The van der Waals surface area contributed by atoms with Gasteiger partial charge in [0, 0.05) is 79.1 Å². The number of allylic oxidation sites excluding steroid dienone is 1. The molecule has 3 aliphatic heterocycles. The molecule has 350 valence electrons. The van der Waals surface area contributed by atoms with Crippen molar-refractivity contribution in [3.63, 3.8) is 0 Å². The van der Waals surface area contributed by atoms with Crippen LogP contribution in [0.3, 0.4) is 0 Å². The van der Waals surface area contributed by atoms with E-state index in [1.165, 1.54) is 0 Å². The highest BCUT2D eigenvalue weighted by molar-refractivity contribution is 6.08. The lowest BCUT2D eigenvalue weighted by molar-refractivity contribution is -0.220. The molecule has 2 unspecified atom stereocenters. The number of carbonyl (C=O) groups excluding carboxylic acids is 2. The zero-order chi connectivity index (χ0) is 47.1. The number of aliphatic hydroxyl groups is 1. The van der Waals surface area contributed by atoms with Crippen LogP contribution in [0.25, 0.3) is 5.57 Å². The SMILES string of the molecule is COC(=O)N[C@H](C(=O)N[C@@H](Cc1ccc(C#Cc2ccc(N3C4CCC3CN(C3COC3)C4)nc2)cc1)[C@@H](O)CNCc1c(F)cc(/C(C=N)=C/NC(F)F)cc1F)C(C)(C)C(F)(F)F. The van der Waals surface area contributed by atoms with Crippen LogP contribution < -0.4 is 26.2 Å². The van der Waals surface area contributed by atoms with Gasteiger partial charge in [-0.25, -0.2) is 18.6 Å². The van der Waals surface area contributed by atoms with Gasteiger partial charge in [0.1, 0.15) is 23.5 Å². The number of benzene rings is 2. The average Bonchev–Trinajstić information content (AvgIpc) is 3.51. The predicted molar refractivity (Wildman–Crippen MR) is 227 cm³/mol. The molecule has 6 N–H and O–H groups in total. The van der Waals surface area contributed by atoms with Gasteiger partial charge in [-0.15, -0.1) is 0 Å². The van der Waals surface area contributed by atoms with Crippen LogP contribution in [-0.4, -0.2) is 122 Å². The van der Waals surface area contributed by atoms with Crippen molar-refractivity contribution in [2.45, 2.75) is 88.7 Å². The van der Waals surface area contributed by atoms with Crippen LogP contribution in [0.5, 0.6) is 0 Å². The Hall–Kier alpha value is -5.75. The van der Waals surface area contributed by atoms with Crippen LogP contribution in [-0.2, 0) is 27.2 Å². The third-order valence-electron chi connectivity index (χ3n) is 12.0. The maximum atomic E-state index is 15.1. The van der Waals surface area contributed by atoms with Crippen molar-refractivity contribution in [2.24, 2.45) is 5.41 Å². The van der Waals surface area contributed by atoms with Gasteiger partial charge in [-0.05, 0) is 80.6 Å². The number of fused-ring (bicyclic) bond motifs is 2. The second-order valence-corrected chi connectivity index (χ2v) is 16.7. The molecule has 0 saturated carbocycles. The summed E-state index contributed by atoms with van der Waals surface area (Å²) in [4.78, 5) is 35.4. The number of hydrogen-bond donors (Lipinski definition) is 6. The molecule has 0 aliphatic carbocycles. The number of alkyl carbamates (subject to hydrolysis) is 1. The number of carbonyl (C=O) groups is 2. The monoisotopic (exact) mass is 916 g/mol. The maximum absolute atomic E-state index is 15.1. The van der Waals surface area contributed by atoms with E-state index < -0.39 is 78.6 Å². The summed E-state index contributed by atoms with van der Waals surface area (Å²) in [6.45, 7) is 1.01. The van der Waals surface area contributed by atoms with E-state index in [4.69, 9.17) is 15.1 Å². The third-order valence-corrected chi connectivity index (χ3v) is 12.0. The smallest absolute Gasteiger partial charge is 0.407 e. The first kappa shape index (κ1) is 48.7. The lowest BCUT2D eigenvalue weighted by atomic mass is 9.82. The molecule has 6 rings (SSSR count). The molecule has 65 heavy (non-hydrogen) atoms. The zero-order valence-electron chi connectivity index (χ0n) is 35.8. The second-order valence-electron chi connectivity index (χ2n) is 16.7. The number of pyridine rings is 1. The molecule has 0 radical (unpaired) electrons. The van der Waals surface area contributed by atoms with E-state index in [-0.39, 0.29) is 17.6 Å². The van der Waals surface area contributed by atoms with Crippen LogP contribution in [0.1, 0.15) is 54.5 Å². The molecule has 4 heterocycles. The van der Waals surface area contributed by atoms with E-state index in [2.05, 4.69) is 37.0 Å². The molecule has 5 atom stereocenters. The molecule has 3 aliphatic rings. The number of amides is 2. The third kappa shape index (κ3) is 11.9. The molecule has 3 fully saturated rings. The minimum atomic E-state index is -4.99. The highest BCUT2D eigenvalue weighted by Gasteiger charge is 2.56. The molecule has 1 aromatic heterocycles. The topological polar surface area (TPSA) is 164 Å². The summed E-state index contributed by atoms with van der Waals surface area (Å²) in [5.74, 6) is 3.60. The van der Waals surface area contributed by atoms with Crippen LogP contribution in [0.4, 0.5) is 41.3 Å². The van der Waals surface area contributed by atoms with Gasteiger partial charge in [0.15, 0.2) is 0 Å². The standard InChI is InChI=1S/C45H51F7N8O5/c1-44(2,45(50,51)52)40(58-43(63)64-3)41(62)57-37(38(61)21-54-20-34-35(46)15-29(16-36(34)47)30(17-53)19-56-42(48)49)14-27-7-4-26(5-8-27)6-9-28-10-13-39(55-18-28)60-31-11-12-32(60)23-59(22-31)33-24-65-25-33/h4-5,7-8,10,13,15-19,31-33,37-38,40,42,53-54,56,61H,11-12,14,20-25H2,1-3H3,(H,57,62)(H,58,63)/b30-19+,53-17?/t31?,32?,37-,38-,40+/m0/s1. The quantitative estimate of drug-likeness (QED) is 0.0465. The summed E-state index contributed by atoms with van der Waals surface area (Å²) in [6, 6.07) is 9.98. The lowest BCUT2D eigenvalue weighted by Gasteiger charge is -2.47. The summed E-state index contributed by atoms with van der Waals surface area (Å²) in [5.41, 5.74) is -1.96. The van der Waals surface area contributed by atoms with Crippen molar-refractivity contribution in [3.05, 3.63) is 100 Å². The molecular formula is C45H51F7N8O5. The van der Waals surface area contributed by atoms with Crippen LogP contribution in [0.2, 0.25) is 0 Å². The Morgan fingerprint density at radius 3 is 2.15 bits per heavy atom. The molecule has 0 spiro atoms. The van der Waals surface area contributed by atoms with Crippen molar-refractivity contribution in [1.29, 1.82) is 5.41 Å². The number of hydrogen-bond acceptors (Lipinski definition) is 11. The predicted octanol–water partition coefficient (Wildman–Crippen LogP) is 5.11. The number of halogens is 7. The summed E-state index contributed by atoms with van der Waals surface area (Å²) in [5, 5.41) is 27.5. The molecule has 2 amide bonds. The van der Waals surface area contributed by atoms with Crippen molar-refractivity contribution in [1.82, 2.24) is 31.2 Å². The maximum Gasteiger partial charge on any atom is 0.407 e. The molecule has 2 bridgehead atoms. The number of methoxy groups -OCH3 is 1. The zero-order valence-corrected chi connectivity index (χ0v) is 35.8. The van der Waals surface area contributed by atoms with E-state index in [0.29, 0.717) is 54.9 Å². The largest absolute Gasteiger partial charge is 0.453 e. The second kappa shape index (κ2) is 21.0. The summed E-state index contributed by atoms with van der Waals surface area (Å²) in [7, 11) is 0.913. The van der Waals surface area contributed by atoms with Gasteiger partial charge < -0.3 is 46.2 Å². The number of ether oxygens (including phenoxy) is 2. The highest BCUT2D eigenvalue weighted by atomic mass is 19.4. The Morgan fingerprint density at radius 2 is 1.62 bits per heavy atom. The van der Waals surface area contributed by atoms with Crippen molar-refractivity contribution >= 4 is 29.6 Å². The van der Waals surface area contributed by atoms with Crippen LogP contribution in [0, 0.1) is 34.3 Å². The fourth-order valence-corrected chi connectivity index (χ4v) is 8.03. The minimum absolute atomic E-state index is 0.154. The van der Waals surface area contributed by atoms with Crippen LogP contribution >= 0.6 is 0 Å². The Bertz CT molecular complexity index is 2210. The number of nitrogens with zero attached hydrogens (tertiary/aromatic N) is 3. The van der Waals surface area contributed by atoms with E-state index >= 15 is 8.78 Å². The number of alkyl halides is 5. The fraction of sp³-hybridized carbons (Fsp3) is 0.467. The Labute approximate surface area is 371 Å². The average molecular weight is 917 g/mol. The van der Waals surface area contributed by atoms with E-state index in [1.807, 2.05) is 17.4 Å². The number of aromatic nitrogens is 1. The van der Waals surface area contributed by atoms with Gasteiger partial charge in [0.2, 0.25) is 5.91 Å². The highest BCUT2D eigenvalue weighted by Crippen LogP contribution is 2.41. The lowest BCUT2D eigenvalue weighted by Crippen LogP contribution is -2.62. The first-order valence-corrected chi connectivity index (χ1v) is 20.9. The molecule has 3 aromatic rings. The van der Waals surface area contributed by atoms with Gasteiger partial charge >= 0.3 is 18.8 Å². The van der Waals surface area contributed by atoms with Crippen LogP contribution in [0.15, 0.2) is 60.9 Å². The number of likely N-dealkylation sites (tertiary alicyclic amines) is 1. The number of aliphatic hydroxyl groups excluding tert-OH is 1. The van der Waals surface area contributed by atoms with Crippen molar-refractivity contribution in [2.75, 3.05) is 44.9 Å². The summed E-state index contributed by atoms with van der Waals surface area (Å²) in [6.07, 6.45) is -2.73. The first-order chi connectivity index (χ1) is 30.9. The van der Waals surface area contributed by atoms with Gasteiger partial charge in [0.25, 0.3) is 0 Å². The Morgan fingerprint density at radius 1 is 0.985 bits per heavy atom. The van der Waals surface area contributed by atoms with Gasteiger partial charge in [-0.3, -0.25) is 9.69 Å². The Kier molecular flexibility index (Phi) is 15.8. The molecule has 2 aromatic carbocycles. The molecule has 20 heteroatoms. The summed E-state index contributed by atoms with van der Waals surface area (Å²) < 4.78 is 108. The van der Waals surface area contributed by atoms with Crippen molar-refractivity contribution in [3.8, 4) is 11.8 Å². The van der Waals surface area contributed by atoms with E-state index in [0.717, 1.165) is 70.4 Å². The molecule has 13 nitrogen and oxygen atoms in total. The van der Waals surface area contributed by atoms with Gasteiger partial charge in [0.05, 0.1) is 43.9 Å². The molecule has 3 saturated heterocycles. The molecular weight excluding hydrogens is 866 g/mol. The number of rotatable bonds is 17. The Balaban J connectivity index is 1.15. The number of anilines is 1. The fourth-order valence-electron chi connectivity index (χ4n) is 8.03. The van der Waals surface area contributed by atoms with Gasteiger partial charge in [-0.2, -0.15) is 22.0 Å². The number of piperazine rings is 1. The minimum Gasteiger partial charge on any atom is -0.453 e. The van der Waals surface area contributed by atoms with E-state index in [9.17, 15) is 36.6 Å². The summed E-state index contributed by atoms with van der Waals surface area (Å²) >= 11 is 0. The van der Waals surface area contributed by atoms with Gasteiger partial charge in [-0.1, -0.05) is 24.0 Å². The normalized spacial score (nSPS) is 19.4.